The third kappa shape index (κ3) is 1.47. The van der Waals surface area contributed by atoms with Gasteiger partial charge in [0.15, 0.2) is 0 Å². The van der Waals surface area contributed by atoms with Gasteiger partial charge >= 0.3 is 0 Å². The van der Waals surface area contributed by atoms with E-state index >= 15 is 0 Å². The van der Waals surface area contributed by atoms with E-state index in [0.717, 1.165) is 12.0 Å². The molecule has 3 fully saturated rings. The van der Waals surface area contributed by atoms with Crippen molar-refractivity contribution in [2.24, 2.45) is 11.3 Å². The van der Waals surface area contributed by atoms with Gasteiger partial charge in [0, 0.05) is 18.1 Å². The highest BCUT2D eigenvalue weighted by atomic mass is 15.3. The molecule has 0 spiro atoms. The fourth-order valence-electron chi connectivity index (χ4n) is 4.23. The minimum absolute atomic E-state index is 0.458. The lowest BCUT2D eigenvalue weighted by atomic mass is 9.76. The van der Waals surface area contributed by atoms with Crippen molar-refractivity contribution in [2.45, 2.75) is 58.0 Å². The molecule has 2 saturated heterocycles. The van der Waals surface area contributed by atoms with Crippen molar-refractivity contribution in [1.82, 2.24) is 4.90 Å². The minimum Gasteiger partial charge on any atom is -0.290 e. The molecule has 84 valence electrons. The van der Waals surface area contributed by atoms with Crippen LogP contribution in [0.2, 0.25) is 0 Å². The lowest BCUT2D eigenvalue weighted by molar-refractivity contribution is 0.105. The van der Waals surface area contributed by atoms with Crippen LogP contribution in [0.3, 0.4) is 0 Å². The minimum atomic E-state index is 0.458. The molecule has 1 heteroatoms. The normalized spacial score (nSPS) is 44.3. The van der Waals surface area contributed by atoms with Gasteiger partial charge in [-0.3, -0.25) is 4.90 Å². The Bertz CT molecular complexity index is 312. The van der Waals surface area contributed by atoms with Crippen LogP contribution in [0.1, 0.15) is 46.5 Å². The van der Waals surface area contributed by atoms with E-state index in [9.17, 15) is 0 Å². The van der Waals surface area contributed by atoms with Gasteiger partial charge in [-0.15, -0.1) is 0 Å². The summed E-state index contributed by atoms with van der Waals surface area (Å²) in [6, 6.07) is 0.937. The van der Waals surface area contributed by atoms with Crippen molar-refractivity contribution in [2.75, 3.05) is 6.54 Å². The Hall–Kier alpha value is -0.300. The summed E-state index contributed by atoms with van der Waals surface area (Å²) in [6.07, 6.45) is 5.55. The summed E-state index contributed by atoms with van der Waals surface area (Å²) >= 11 is 0. The monoisotopic (exact) mass is 205 g/mol. The molecular formula is C14H23N. The average molecular weight is 205 g/mol. The smallest absolute Gasteiger partial charge is 0.0261 e. The van der Waals surface area contributed by atoms with E-state index < -0.39 is 0 Å². The SMILES string of the molecule is C=C1CN2[C@@H]3C[C@@H]3CC2(CC(C)(C)C)C1. The molecule has 0 aromatic heterocycles. The summed E-state index contributed by atoms with van der Waals surface area (Å²) < 4.78 is 0. The van der Waals surface area contributed by atoms with Crippen LogP contribution >= 0.6 is 0 Å². The Morgan fingerprint density at radius 3 is 2.87 bits per heavy atom. The van der Waals surface area contributed by atoms with Crippen LogP contribution in [0, 0.1) is 11.3 Å². The molecular weight excluding hydrogens is 182 g/mol. The molecule has 0 amide bonds. The van der Waals surface area contributed by atoms with Crippen LogP contribution in [0.4, 0.5) is 0 Å². The van der Waals surface area contributed by atoms with Gasteiger partial charge in [0.1, 0.15) is 0 Å². The van der Waals surface area contributed by atoms with Gasteiger partial charge in [0.05, 0.1) is 0 Å². The van der Waals surface area contributed by atoms with Crippen LogP contribution < -0.4 is 0 Å². The zero-order valence-electron chi connectivity index (χ0n) is 10.3. The zero-order valence-corrected chi connectivity index (χ0v) is 10.3. The third-order valence-electron chi connectivity index (χ3n) is 4.37. The van der Waals surface area contributed by atoms with E-state index in [-0.39, 0.29) is 0 Å². The highest BCUT2D eigenvalue weighted by Crippen LogP contribution is 2.60. The molecule has 3 atom stereocenters. The van der Waals surface area contributed by atoms with Crippen LogP contribution in [0.5, 0.6) is 0 Å². The molecule has 0 bridgehead atoms. The number of rotatable bonds is 1. The number of hydrogen-bond acceptors (Lipinski definition) is 1. The molecule has 0 aromatic rings. The quantitative estimate of drug-likeness (QED) is 0.594. The Balaban J connectivity index is 1.86. The Morgan fingerprint density at radius 2 is 2.20 bits per heavy atom. The fourth-order valence-corrected chi connectivity index (χ4v) is 4.23. The van der Waals surface area contributed by atoms with E-state index in [2.05, 4.69) is 32.3 Å². The van der Waals surface area contributed by atoms with E-state index in [0.29, 0.717) is 11.0 Å². The van der Waals surface area contributed by atoms with Gasteiger partial charge in [-0.1, -0.05) is 32.9 Å². The van der Waals surface area contributed by atoms with E-state index in [4.69, 9.17) is 0 Å². The van der Waals surface area contributed by atoms with Gasteiger partial charge < -0.3 is 0 Å². The van der Waals surface area contributed by atoms with Gasteiger partial charge in [-0.05, 0) is 37.0 Å². The highest BCUT2D eigenvalue weighted by molar-refractivity contribution is 5.25. The lowest BCUT2D eigenvalue weighted by Crippen LogP contribution is -2.43. The largest absolute Gasteiger partial charge is 0.290 e. The first-order chi connectivity index (χ1) is 6.90. The molecule has 1 aliphatic carbocycles. The van der Waals surface area contributed by atoms with Crippen molar-refractivity contribution in [3.05, 3.63) is 12.2 Å². The predicted octanol–water partition coefficient (Wildman–Crippen LogP) is 3.22. The number of hydrogen-bond donors (Lipinski definition) is 0. The van der Waals surface area contributed by atoms with Gasteiger partial charge in [-0.25, -0.2) is 0 Å². The zero-order chi connectivity index (χ0) is 10.8. The number of nitrogens with zero attached hydrogens (tertiary/aromatic N) is 1. The van der Waals surface area contributed by atoms with Crippen molar-refractivity contribution < 1.29 is 0 Å². The first-order valence-corrected chi connectivity index (χ1v) is 6.33. The topological polar surface area (TPSA) is 3.24 Å². The van der Waals surface area contributed by atoms with Gasteiger partial charge in [-0.2, -0.15) is 0 Å². The van der Waals surface area contributed by atoms with E-state index in [1.54, 1.807) is 0 Å². The number of fused-ring (bicyclic) bond motifs is 3. The Labute approximate surface area is 93.5 Å². The van der Waals surface area contributed by atoms with Crippen molar-refractivity contribution in [1.29, 1.82) is 0 Å². The molecule has 2 heterocycles. The summed E-state index contributed by atoms with van der Waals surface area (Å²) in [4.78, 5) is 2.80. The molecule has 0 aromatic carbocycles. The lowest BCUT2D eigenvalue weighted by Gasteiger charge is -2.39. The standard InChI is InChI=1S/C14H23N/c1-10-6-14(9-13(2,3)4)7-11-5-12(11)15(14)8-10/h11-12H,1,5-9H2,2-4H3/t11-,12-,14?/m1/s1. The maximum atomic E-state index is 4.22. The Morgan fingerprint density at radius 1 is 1.47 bits per heavy atom. The summed E-state index contributed by atoms with van der Waals surface area (Å²) in [5.41, 5.74) is 2.45. The Kier molecular flexibility index (Phi) is 1.77. The average Bonchev–Trinajstić information content (AvgIpc) is 2.59. The maximum Gasteiger partial charge on any atom is 0.0261 e. The third-order valence-corrected chi connectivity index (χ3v) is 4.37. The summed E-state index contributed by atoms with van der Waals surface area (Å²) in [7, 11) is 0. The summed E-state index contributed by atoms with van der Waals surface area (Å²) in [6.45, 7) is 12.6. The van der Waals surface area contributed by atoms with Crippen LogP contribution in [0.25, 0.3) is 0 Å². The molecule has 15 heavy (non-hydrogen) atoms. The van der Waals surface area contributed by atoms with Crippen molar-refractivity contribution in [3.8, 4) is 0 Å². The molecule has 3 rings (SSSR count). The first-order valence-electron chi connectivity index (χ1n) is 6.33. The van der Waals surface area contributed by atoms with Gasteiger partial charge in [0.25, 0.3) is 0 Å². The molecule has 3 aliphatic rings. The molecule has 2 aliphatic heterocycles. The molecule has 0 N–H and O–H groups in total. The molecule has 1 saturated carbocycles. The van der Waals surface area contributed by atoms with Crippen LogP contribution in [0.15, 0.2) is 12.2 Å². The van der Waals surface area contributed by atoms with Crippen LogP contribution in [-0.2, 0) is 0 Å². The molecule has 1 unspecified atom stereocenters. The molecule has 1 nitrogen and oxygen atoms in total. The van der Waals surface area contributed by atoms with Crippen LogP contribution in [-0.4, -0.2) is 23.0 Å². The van der Waals surface area contributed by atoms with Crippen molar-refractivity contribution in [3.63, 3.8) is 0 Å². The highest BCUT2D eigenvalue weighted by Gasteiger charge is 2.62. The second-order valence-corrected chi connectivity index (χ2v) is 7.28. The summed E-state index contributed by atoms with van der Waals surface area (Å²) in [5.74, 6) is 1.04. The fraction of sp³-hybridized carbons (Fsp3) is 0.857. The summed E-state index contributed by atoms with van der Waals surface area (Å²) in [5, 5.41) is 0. The van der Waals surface area contributed by atoms with E-state index in [1.165, 1.54) is 37.8 Å². The van der Waals surface area contributed by atoms with Gasteiger partial charge in [0.2, 0.25) is 0 Å². The second-order valence-electron chi connectivity index (χ2n) is 7.28. The maximum absolute atomic E-state index is 4.22. The van der Waals surface area contributed by atoms with Crippen molar-refractivity contribution >= 4 is 0 Å². The first kappa shape index (κ1) is 9.89. The number of piperidine rings is 1. The second kappa shape index (κ2) is 2.68. The predicted molar refractivity (Wildman–Crippen MR) is 63.8 cm³/mol. The van der Waals surface area contributed by atoms with E-state index in [1.807, 2.05) is 0 Å². The molecule has 0 radical (unpaired) electrons.